The van der Waals surface area contributed by atoms with Crippen molar-refractivity contribution in [3.8, 4) is 0 Å². The summed E-state index contributed by atoms with van der Waals surface area (Å²) < 4.78 is 7.41. The molecule has 0 aromatic carbocycles. The number of rotatable bonds is 7. The zero-order valence-electron chi connectivity index (χ0n) is 11.4. The van der Waals surface area contributed by atoms with Gasteiger partial charge < -0.3 is 15.0 Å². The molecule has 4 heteroatoms. The lowest BCUT2D eigenvalue weighted by atomic mass is 10.0. The molecular weight excluding hydrogens is 214 g/mol. The minimum Gasteiger partial charge on any atom is -0.383 e. The molecule has 0 radical (unpaired) electrons. The van der Waals surface area contributed by atoms with Crippen LogP contribution in [0.1, 0.15) is 51.4 Å². The molecule has 2 unspecified atom stereocenters. The average Bonchev–Trinajstić information content (AvgIpc) is 2.73. The summed E-state index contributed by atoms with van der Waals surface area (Å²) in [5, 5.41) is 0. The first-order valence-corrected chi connectivity index (χ1v) is 6.36. The second-order valence-corrected chi connectivity index (χ2v) is 4.98. The van der Waals surface area contributed by atoms with Gasteiger partial charge in [0.05, 0.1) is 24.7 Å². The maximum Gasteiger partial charge on any atom is 0.0952 e. The lowest BCUT2D eigenvalue weighted by Gasteiger charge is -2.22. The van der Waals surface area contributed by atoms with Crippen molar-refractivity contribution in [3.63, 3.8) is 0 Å². The Labute approximate surface area is 104 Å². The van der Waals surface area contributed by atoms with Crippen LogP contribution in [0.25, 0.3) is 0 Å². The first-order chi connectivity index (χ1) is 8.10. The maximum absolute atomic E-state index is 6.23. The monoisotopic (exact) mass is 239 g/mol. The molecule has 0 aliphatic carbocycles. The number of ether oxygens (including phenoxy) is 1. The summed E-state index contributed by atoms with van der Waals surface area (Å²) in [5.41, 5.74) is 7.34. The molecule has 0 saturated heterocycles. The van der Waals surface area contributed by atoms with Gasteiger partial charge in [0.15, 0.2) is 0 Å². The molecule has 0 aliphatic rings. The van der Waals surface area contributed by atoms with Crippen molar-refractivity contribution in [3.05, 3.63) is 18.2 Å². The van der Waals surface area contributed by atoms with Crippen LogP contribution < -0.4 is 5.73 Å². The van der Waals surface area contributed by atoms with Crippen LogP contribution in [0.5, 0.6) is 0 Å². The molecule has 0 amide bonds. The summed E-state index contributed by atoms with van der Waals surface area (Å²) in [7, 11) is 1.73. The summed E-state index contributed by atoms with van der Waals surface area (Å²) in [5.74, 6) is 0.593. The lowest BCUT2D eigenvalue weighted by Crippen LogP contribution is -2.21. The molecule has 4 nitrogen and oxygen atoms in total. The van der Waals surface area contributed by atoms with E-state index in [-0.39, 0.29) is 6.04 Å². The van der Waals surface area contributed by atoms with Gasteiger partial charge >= 0.3 is 0 Å². The Bertz CT molecular complexity index is 322. The summed E-state index contributed by atoms with van der Waals surface area (Å²) in [4.78, 5) is 4.23. The smallest absolute Gasteiger partial charge is 0.0952 e. The maximum atomic E-state index is 6.23. The number of nitrogens with zero attached hydrogens (tertiary/aromatic N) is 2. The first-order valence-electron chi connectivity index (χ1n) is 6.36. The molecule has 0 saturated carbocycles. The van der Waals surface area contributed by atoms with Crippen molar-refractivity contribution >= 4 is 0 Å². The van der Waals surface area contributed by atoms with E-state index in [9.17, 15) is 0 Å². The standard InChI is InChI=1S/C13H25N3O/c1-5-11(8-17-4)16-9-15-7-13(16)12(14)6-10(2)3/h7,9-12H,5-6,8,14H2,1-4H3. The fourth-order valence-corrected chi connectivity index (χ4v) is 2.12. The zero-order chi connectivity index (χ0) is 12.8. The molecule has 2 N–H and O–H groups in total. The molecule has 17 heavy (non-hydrogen) atoms. The van der Waals surface area contributed by atoms with Crippen LogP contribution in [0.3, 0.4) is 0 Å². The van der Waals surface area contributed by atoms with Crippen molar-refractivity contribution < 1.29 is 4.74 Å². The van der Waals surface area contributed by atoms with E-state index >= 15 is 0 Å². The second kappa shape index (κ2) is 6.77. The van der Waals surface area contributed by atoms with Gasteiger partial charge in [-0.3, -0.25) is 0 Å². The van der Waals surface area contributed by atoms with Gasteiger partial charge in [-0.1, -0.05) is 20.8 Å². The van der Waals surface area contributed by atoms with Gasteiger partial charge in [0.2, 0.25) is 0 Å². The minimum atomic E-state index is 0.0587. The quantitative estimate of drug-likeness (QED) is 0.795. The number of methoxy groups -OCH3 is 1. The largest absolute Gasteiger partial charge is 0.383 e. The average molecular weight is 239 g/mol. The fraction of sp³-hybridized carbons (Fsp3) is 0.769. The highest BCUT2D eigenvalue weighted by Gasteiger charge is 2.17. The molecule has 1 rings (SSSR count). The molecule has 0 fully saturated rings. The van der Waals surface area contributed by atoms with Crippen LogP contribution in [0.15, 0.2) is 12.5 Å². The molecule has 1 aromatic heterocycles. The van der Waals surface area contributed by atoms with Gasteiger partial charge in [-0.15, -0.1) is 0 Å². The molecule has 0 aliphatic heterocycles. The molecule has 2 atom stereocenters. The number of hydrogen-bond acceptors (Lipinski definition) is 3. The van der Waals surface area contributed by atoms with Gasteiger partial charge in [0.25, 0.3) is 0 Å². The van der Waals surface area contributed by atoms with Crippen LogP contribution in [-0.4, -0.2) is 23.3 Å². The van der Waals surface area contributed by atoms with Gasteiger partial charge in [-0.05, 0) is 18.8 Å². The predicted molar refractivity (Wildman–Crippen MR) is 69.8 cm³/mol. The Morgan fingerprint density at radius 2 is 2.18 bits per heavy atom. The Balaban J connectivity index is 2.83. The van der Waals surface area contributed by atoms with E-state index in [4.69, 9.17) is 10.5 Å². The van der Waals surface area contributed by atoms with Crippen LogP contribution in [0, 0.1) is 5.92 Å². The molecule has 0 bridgehead atoms. The SMILES string of the molecule is CCC(COC)n1cncc1C(N)CC(C)C. The molecular formula is C13H25N3O. The fourth-order valence-electron chi connectivity index (χ4n) is 2.12. The van der Waals surface area contributed by atoms with E-state index in [2.05, 4.69) is 30.3 Å². The number of imidazole rings is 1. The molecule has 1 aromatic rings. The van der Waals surface area contributed by atoms with Crippen molar-refractivity contribution in [1.82, 2.24) is 9.55 Å². The topological polar surface area (TPSA) is 53.1 Å². The third kappa shape index (κ3) is 3.82. The van der Waals surface area contributed by atoms with Crippen molar-refractivity contribution in [2.24, 2.45) is 11.7 Å². The van der Waals surface area contributed by atoms with E-state index in [1.54, 1.807) is 7.11 Å². The summed E-state index contributed by atoms with van der Waals surface area (Å²) in [6.07, 6.45) is 5.74. The van der Waals surface area contributed by atoms with Crippen LogP contribution in [0.4, 0.5) is 0 Å². The third-order valence-corrected chi connectivity index (χ3v) is 3.02. The third-order valence-electron chi connectivity index (χ3n) is 3.02. The number of aromatic nitrogens is 2. The highest BCUT2D eigenvalue weighted by molar-refractivity contribution is 5.06. The lowest BCUT2D eigenvalue weighted by molar-refractivity contribution is 0.151. The van der Waals surface area contributed by atoms with Crippen LogP contribution >= 0.6 is 0 Å². The van der Waals surface area contributed by atoms with E-state index < -0.39 is 0 Å². The van der Waals surface area contributed by atoms with Gasteiger partial charge in [-0.25, -0.2) is 4.98 Å². The first kappa shape index (κ1) is 14.2. The number of hydrogen-bond donors (Lipinski definition) is 1. The highest BCUT2D eigenvalue weighted by atomic mass is 16.5. The van der Waals surface area contributed by atoms with E-state index in [1.807, 2.05) is 12.5 Å². The van der Waals surface area contributed by atoms with Gasteiger partial charge in [-0.2, -0.15) is 0 Å². The summed E-state index contributed by atoms with van der Waals surface area (Å²) >= 11 is 0. The van der Waals surface area contributed by atoms with Crippen molar-refractivity contribution in [2.45, 2.75) is 45.7 Å². The Morgan fingerprint density at radius 3 is 2.71 bits per heavy atom. The van der Waals surface area contributed by atoms with Crippen LogP contribution in [-0.2, 0) is 4.74 Å². The Kier molecular flexibility index (Phi) is 5.65. The molecule has 0 spiro atoms. The van der Waals surface area contributed by atoms with Gasteiger partial charge in [0.1, 0.15) is 0 Å². The van der Waals surface area contributed by atoms with E-state index in [0.717, 1.165) is 18.5 Å². The zero-order valence-corrected chi connectivity index (χ0v) is 11.4. The van der Waals surface area contributed by atoms with Crippen molar-refractivity contribution in [1.29, 1.82) is 0 Å². The highest BCUT2D eigenvalue weighted by Crippen LogP contribution is 2.22. The van der Waals surface area contributed by atoms with Crippen LogP contribution in [0.2, 0.25) is 0 Å². The molecule has 98 valence electrons. The van der Waals surface area contributed by atoms with E-state index in [1.165, 1.54) is 0 Å². The van der Waals surface area contributed by atoms with Crippen molar-refractivity contribution in [2.75, 3.05) is 13.7 Å². The predicted octanol–water partition coefficient (Wildman–Crippen LogP) is 2.53. The van der Waals surface area contributed by atoms with Gasteiger partial charge in [0, 0.05) is 19.3 Å². The minimum absolute atomic E-state index is 0.0587. The summed E-state index contributed by atoms with van der Waals surface area (Å²) in [6.45, 7) is 7.23. The summed E-state index contributed by atoms with van der Waals surface area (Å²) in [6, 6.07) is 0.388. The molecule has 1 heterocycles. The second-order valence-electron chi connectivity index (χ2n) is 4.98. The number of nitrogens with two attached hydrogens (primary N) is 1. The Morgan fingerprint density at radius 1 is 1.47 bits per heavy atom. The normalized spacial score (nSPS) is 15.2. The van der Waals surface area contributed by atoms with E-state index in [0.29, 0.717) is 18.6 Å². The Hall–Kier alpha value is -0.870.